The molecule has 4 nitrogen and oxygen atoms in total. The van der Waals surface area contributed by atoms with E-state index in [0.717, 1.165) is 25.5 Å². The van der Waals surface area contributed by atoms with E-state index in [4.69, 9.17) is 4.74 Å². The molecule has 5 heteroatoms. The summed E-state index contributed by atoms with van der Waals surface area (Å²) in [5.74, 6) is 1.73. The highest BCUT2D eigenvalue weighted by molar-refractivity contribution is 7.80. The van der Waals surface area contributed by atoms with E-state index in [1.165, 1.54) is 0 Å². The van der Waals surface area contributed by atoms with Crippen LogP contribution in [0.25, 0.3) is 0 Å². The van der Waals surface area contributed by atoms with Crippen LogP contribution in [-0.4, -0.2) is 37.3 Å². The second kappa shape index (κ2) is 9.83. The summed E-state index contributed by atoms with van der Waals surface area (Å²) < 4.78 is 5.05. The Bertz CT molecular complexity index is 208. The maximum atomic E-state index is 10.4. The van der Waals surface area contributed by atoms with E-state index in [9.17, 15) is 4.79 Å². The van der Waals surface area contributed by atoms with Gasteiger partial charge in [-0.15, -0.1) is 0 Å². The Kier molecular flexibility index (Phi) is 9.36. The molecule has 1 heterocycles. The topological polar surface area (TPSA) is 50.7 Å². The van der Waals surface area contributed by atoms with E-state index in [0.29, 0.717) is 18.7 Å². The summed E-state index contributed by atoms with van der Waals surface area (Å²) in [4.78, 5) is 14.5. The molecule has 0 aromatic heterocycles. The molecule has 0 radical (unpaired) electrons. The summed E-state index contributed by atoms with van der Waals surface area (Å²) >= 11 is 3.92. The Morgan fingerprint density at radius 3 is 2.67 bits per heavy atom. The molecule has 0 aliphatic carbocycles. The molecule has 0 unspecified atom stereocenters. The Hall–Kier alpha value is -0.710. The summed E-state index contributed by atoms with van der Waals surface area (Å²) in [7, 11) is 0. The highest BCUT2D eigenvalue weighted by atomic mass is 32.1. The van der Waals surface area contributed by atoms with Crippen molar-refractivity contribution >= 4 is 24.4 Å². The first-order valence-corrected chi connectivity index (χ1v) is 5.91. The first kappa shape index (κ1) is 14.3. The maximum Gasteiger partial charge on any atom is 0.219 e. The van der Waals surface area contributed by atoms with Crippen molar-refractivity contribution in [2.45, 2.75) is 26.7 Å². The average molecular weight is 232 g/mol. The fourth-order valence-corrected chi connectivity index (χ4v) is 1.03. The van der Waals surface area contributed by atoms with Gasteiger partial charge in [0.05, 0.1) is 6.54 Å². The lowest BCUT2D eigenvalue weighted by Gasteiger charge is -1.96. The molecule has 1 aliphatic rings. The minimum atomic E-state index is 0.0963. The number of rotatable bonds is 4. The molecule has 0 aromatic carbocycles. The summed E-state index contributed by atoms with van der Waals surface area (Å²) in [6, 6.07) is 0. The number of amides is 1. The van der Waals surface area contributed by atoms with E-state index in [-0.39, 0.29) is 5.91 Å². The van der Waals surface area contributed by atoms with Gasteiger partial charge in [-0.1, -0.05) is 13.8 Å². The Labute approximate surface area is 96.9 Å². The standard InChI is InChI=1S/C5H11NOS.C5H9NO/c1-2-5(7)6-3-4-8;1-2-5-6-3-4-7-5/h8H,2-4H2,1H3,(H,6,7);2-4H2,1H3. The quantitative estimate of drug-likeness (QED) is 0.717. The SMILES string of the molecule is CCC(=O)NCCS.CCC1=NCCO1. The molecule has 0 fully saturated rings. The van der Waals surface area contributed by atoms with E-state index >= 15 is 0 Å². The van der Waals surface area contributed by atoms with Crippen LogP contribution in [0, 0.1) is 0 Å². The maximum absolute atomic E-state index is 10.4. The van der Waals surface area contributed by atoms with E-state index in [2.05, 4.69) is 22.9 Å². The summed E-state index contributed by atoms with van der Waals surface area (Å²) in [6.45, 7) is 6.21. The number of hydrogen-bond acceptors (Lipinski definition) is 4. The van der Waals surface area contributed by atoms with Crippen LogP contribution in [0.3, 0.4) is 0 Å². The van der Waals surface area contributed by atoms with Crippen molar-refractivity contribution in [1.82, 2.24) is 5.32 Å². The first-order valence-electron chi connectivity index (χ1n) is 5.28. The van der Waals surface area contributed by atoms with Gasteiger partial charge < -0.3 is 10.1 Å². The van der Waals surface area contributed by atoms with Gasteiger partial charge in [0, 0.05) is 25.1 Å². The van der Waals surface area contributed by atoms with Gasteiger partial charge in [-0.3, -0.25) is 9.79 Å². The molecule has 15 heavy (non-hydrogen) atoms. The normalized spacial score (nSPS) is 13.4. The average Bonchev–Trinajstić information content (AvgIpc) is 2.79. The summed E-state index contributed by atoms with van der Waals surface area (Å²) in [5, 5.41) is 2.67. The molecular weight excluding hydrogens is 212 g/mol. The lowest BCUT2D eigenvalue weighted by Crippen LogP contribution is -2.23. The van der Waals surface area contributed by atoms with E-state index in [1.54, 1.807) is 0 Å². The van der Waals surface area contributed by atoms with Crippen molar-refractivity contribution in [2.75, 3.05) is 25.4 Å². The molecule has 1 rings (SSSR count). The largest absolute Gasteiger partial charge is 0.479 e. The predicted octanol–water partition coefficient (Wildman–Crippen LogP) is 1.27. The second-order valence-electron chi connectivity index (χ2n) is 2.90. The Morgan fingerprint density at radius 2 is 2.33 bits per heavy atom. The number of carbonyl (C=O) groups is 1. The molecule has 1 amide bonds. The minimum Gasteiger partial charge on any atom is -0.479 e. The zero-order chi connectivity index (χ0) is 11.5. The second-order valence-corrected chi connectivity index (χ2v) is 3.35. The Morgan fingerprint density at radius 1 is 1.60 bits per heavy atom. The smallest absolute Gasteiger partial charge is 0.219 e. The zero-order valence-electron chi connectivity index (χ0n) is 9.45. The van der Waals surface area contributed by atoms with Gasteiger partial charge in [0.25, 0.3) is 0 Å². The molecular formula is C10H20N2O2S. The van der Waals surface area contributed by atoms with Crippen LogP contribution in [0.4, 0.5) is 0 Å². The van der Waals surface area contributed by atoms with Crippen LogP contribution in [-0.2, 0) is 9.53 Å². The lowest BCUT2D eigenvalue weighted by molar-refractivity contribution is -0.120. The lowest BCUT2D eigenvalue weighted by atomic mass is 10.4. The van der Waals surface area contributed by atoms with Crippen LogP contribution >= 0.6 is 12.6 Å². The highest BCUT2D eigenvalue weighted by Crippen LogP contribution is 1.95. The van der Waals surface area contributed by atoms with Gasteiger partial charge in [0.1, 0.15) is 6.61 Å². The summed E-state index contributed by atoms with van der Waals surface area (Å²) in [5.41, 5.74) is 0. The van der Waals surface area contributed by atoms with Gasteiger partial charge in [-0.05, 0) is 0 Å². The third kappa shape index (κ3) is 8.30. The fourth-order valence-electron chi connectivity index (χ4n) is 0.914. The van der Waals surface area contributed by atoms with Crippen LogP contribution in [0.5, 0.6) is 0 Å². The number of hydrogen-bond donors (Lipinski definition) is 2. The zero-order valence-corrected chi connectivity index (χ0v) is 10.3. The van der Waals surface area contributed by atoms with Crippen molar-refractivity contribution in [3.8, 4) is 0 Å². The molecule has 88 valence electrons. The van der Waals surface area contributed by atoms with Gasteiger partial charge in [-0.25, -0.2) is 0 Å². The molecule has 0 bridgehead atoms. The molecule has 0 aromatic rings. The van der Waals surface area contributed by atoms with Gasteiger partial charge in [-0.2, -0.15) is 12.6 Å². The third-order valence-corrected chi connectivity index (χ3v) is 1.93. The number of ether oxygens (including phenoxy) is 1. The molecule has 1 N–H and O–H groups in total. The van der Waals surface area contributed by atoms with Gasteiger partial charge >= 0.3 is 0 Å². The van der Waals surface area contributed by atoms with Gasteiger partial charge in [0.2, 0.25) is 5.91 Å². The molecule has 0 atom stereocenters. The van der Waals surface area contributed by atoms with Crippen molar-refractivity contribution in [1.29, 1.82) is 0 Å². The van der Waals surface area contributed by atoms with Crippen molar-refractivity contribution < 1.29 is 9.53 Å². The highest BCUT2D eigenvalue weighted by Gasteiger charge is 2.01. The molecule has 0 saturated carbocycles. The molecule has 0 spiro atoms. The number of thiol groups is 1. The van der Waals surface area contributed by atoms with Crippen molar-refractivity contribution in [3.05, 3.63) is 0 Å². The monoisotopic (exact) mass is 232 g/mol. The Balaban J connectivity index is 0.000000262. The van der Waals surface area contributed by atoms with E-state index in [1.807, 2.05) is 13.8 Å². The third-order valence-electron chi connectivity index (χ3n) is 1.71. The van der Waals surface area contributed by atoms with Crippen LogP contribution in [0.2, 0.25) is 0 Å². The summed E-state index contributed by atoms with van der Waals surface area (Å²) in [6.07, 6.45) is 1.51. The number of nitrogens with one attached hydrogen (secondary N) is 1. The minimum absolute atomic E-state index is 0.0963. The van der Waals surface area contributed by atoms with Gasteiger partial charge in [0.15, 0.2) is 5.90 Å². The number of aliphatic imine (C=N–C) groups is 1. The van der Waals surface area contributed by atoms with Crippen molar-refractivity contribution in [2.24, 2.45) is 4.99 Å². The van der Waals surface area contributed by atoms with Crippen LogP contribution < -0.4 is 5.32 Å². The van der Waals surface area contributed by atoms with E-state index < -0.39 is 0 Å². The number of nitrogens with zero attached hydrogens (tertiary/aromatic N) is 1. The molecule has 1 aliphatic heterocycles. The first-order chi connectivity index (χ1) is 7.24. The van der Waals surface area contributed by atoms with Crippen LogP contribution in [0.15, 0.2) is 4.99 Å². The number of carbonyl (C=O) groups excluding carboxylic acids is 1. The molecule has 0 saturated heterocycles. The van der Waals surface area contributed by atoms with Crippen LogP contribution in [0.1, 0.15) is 26.7 Å². The fraction of sp³-hybridized carbons (Fsp3) is 0.800. The van der Waals surface area contributed by atoms with Crippen molar-refractivity contribution in [3.63, 3.8) is 0 Å². The predicted molar refractivity (Wildman–Crippen MR) is 65.7 cm³/mol.